The van der Waals surface area contributed by atoms with Crippen LogP contribution in [0, 0.1) is 30.1 Å². The lowest BCUT2D eigenvalue weighted by Crippen LogP contribution is -2.46. The second kappa shape index (κ2) is 5.16. The number of nitriles is 1. The number of carbonyl (C=O) groups excluding carboxylic acids is 1. The number of hydrogen-bond donors (Lipinski definition) is 0. The molecular weight excluding hydrogens is 288 g/mol. The predicted octanol–water partition coefficient (Wildman–Crippen LogP) is 2.34. The van der Waals surface area contributed by atoms with Gasteiger partial charge in [-0.15, -0.1) is 0 Å². The number of ketones is 1. The Morgan fingerprint density at radius 3 is 2.70 bits per heavy atom. The van der Waals surface area contributed by atoms with E-state index in [-0.39, 0.29) is 28.6 Å². The molecule has 0 saturated heterocycles. The normalized spacial score (nSPS) is 29.2. The van der Waals surface area contributed by atoms with Gasteiger partial charge >= 0.3 is 0 Å². The number of fused-ring (bicyclic) bond motifs is 3. The molecule has 0 bridgehead atoms. The summed E-state index contributed by atoms with van der Waals surface area (Å²) in [7, 11) is 3.97. The molecule has 120 valence electrons. The maximum atomic E-state index is 12.4. The minimum Gasteiger partial charge on any atom is -0.362 e. The van der Waals surface area contributed by atoms with Crippen molar-refractivity contribution in [2.24, 2.45) is 11.8 Å². The lowest BCUT2D eigenvalue weighted by molar-refractivity contribution is -0.121. The van der Waals surface area contributed by atoms with E-state index in [0.717, 1.165) is 35.7 Å². The van der Waals surface area contributed by atoms with E-state index >= 15 is 0 Å². The third-order valence-corrected chi connectivity index (χ3v) is 5.35. The van der Waals surface area contributed by atoms with Gasteiger partial charge in [-0.25, -0.2) is 9.97 Å². The van der Waals surface area contributed by atoms with Crippen LogP contribution in [0.2, 0.25) is 0 Å². The first kappa shape index (κ1) is 15.7. The Morgan fingerprint density at radius 1 is 1.39 bits per heavy atom. The average molecular weight is 310 g/mol. The molecule has 3 atom stereocenters. The molecule has 1 aromatic heterocycles. The first-order chi connectivity index (χ1) is 10.8. The molecule has 0 aliphatic heterocycles. The molecule has 0 spiro atoms. The number of aromatic nitrogens is 2. The molecule has 2 aliphatic carbocycles. The number of rotatable bonds is 1. The van der Waals surface area contributed by atoms with Gasteiger partial charge in [0.1, 0.15) is 17.7 Å². The van der Waals surface area contributed by atoms with Gasteiger partial charge < -0.3 is 4.90 Å². The van der Waals surface area contributed by atoms with E-state index in [9.17, 15) is 10.1 Å². The molecule has 5 nitrogen and oxygen atoms in total. The number of carbonyl (C=O) groups is 1. The summed E-state index contributed by atoms with van der Waals surface area (Å²) in [5, 5.41) is 9.35. The van der Waals surface area contributed by atoms with Crippen molar-refractivity contribution in [1.82, 2.24) is 9.97 Å². The first-order valence-corrected chi connectivity index (χ1v) is 8.02. The Hall–Kier alpha value is -2.22. The largest absolute Gasteiger partial charge is 0.362 e. The van der Waals surface area contributed by atoms with Crippen LogP contribution in [0.5, 0.6) is 0 Å². The fraction of sp³-hybridized carbons (Fsp3) is 0.556. The van der Waals surface area contributed by atoms with Crippen LogP contribution >= 0.6 is 0 Å². The molecule has 0 aromatic carbocycles. The molecule has 1 aromatic rings. The second-order valence-corrected chi connectivity index (χ2v) is 7.07. The van der Waals surface area contributed by atoms with Crippen molar-refractivity contribution in [3.05, 3.63) is 28.7 Å². The van der Waals surface area contributed by atoms with Crippen molar-refractivity contribution in [3.63, 3.8) is 0 Å². The molecule has 0 saturated carbocycles. The van der Waals surface area contributed by atoms with Crippen LogP contribution in [0.1, 0.15) is 37.4 Å². The van der Waals surface area contributed by atoms with Crippen LogP contribution in [0.4, 0.5) is 5.82 Å². The minimum absolute atomic E-state index is 0.0305. The second-order valence-electron chi connectivity index (χ2n) is 7.07. The third-order valence-electron chi connectivity index (χ3n) is 5.35. The van der Waals surface area contributed by atoms with Crippen molar-refractivity contribution >= 4 is 11.6 Å². The number of allylic oxidation sites excluding steroid dienone is 2. The van der Waals surface area contributed by atoms with E-state index in [1.807, 2.05) is 38.9 Å². The summed E-state index contributed by atoms with van der Waals surface area (Å²) in [4.78, 5) is 23.7. The van der Waals surface area contributed by atoms with Crippen LogP contribution < -0.4 is 4.90 Å². The van der Waals surface area contributed by atoms with Crippen LogP contribution in [0.25, 0.3) is 0 Å². The average Bonchev–Trinajstić information content (AvgIpc) is 2.50. The minimum atomic E-state index is -0.384. The first-order valence-electron chi connectivity index (χ1n) is 8.02. The molecule has 23 heavy (non-hydrogen) atoms. The molecule has 0 fully saturated rings. The zero-order valence-electron chi connectivity index (χ0n) is 14.3. The topological polar surface area (TPSA) is 69.9 Å². The van der Waals surface area contributed by atoms with Gasteiger partial charge in [0.15, 0.2) is 5.78 Å². The summed E-state index contributed by atoms with van der Waals surface area (Å²) in [6.07, 6.45) is 3.64. The smallest absolute Gasteiger partial charge is 0.176 e. The molecule has 5 heteroatoms. The van der Waals surface area contributed by atoms with E-state index in [4.69, 9.17) is 4.98 Å². The lowest BCUT2D eigenvalue weighted by Gasteiger charge is -2.45. The van der Waals surface area contributed by atoms with Gasteiger partial charge in [0.2, 0.25) is 0 Å². The Labute approximate surface area is 137 Å². The Kier molecular flexibility index (Phi) is 3.51. The van der Waals surface area contributed by atoms with Gasteiger partial charge in [-0.3, -0.25) is 4.79 Å². The summed E-state index contributed by atoms with van der Waals surface area (Å²) in [5.74, 6) is 1.68. The quantitative estimate of drug-likeness (QED) is 0.796. The number of anilines is 1. The molecule has 3 unspecified atom stereocenters. The van der Waals surface area contributed by atoms with Crippen LogP contribution in [0.3, 0.4) is 0 Å². The highest BCUT2D eigenvalue weighted by Gasteiger charge is 2.49. The van der Waals surface area contributed by atoms with E-state index < -0.39 is 0 Å². The Balaban J connectivity index is 2.29. The number of Topliss-reactive ketones (excluding diaryl/α,β-unsaturated/α-hetero) is 1. The molecule has 2 aliphatic rings. The number of hydrogen-bond acceptors (Lipinski definition) is 5. The standard InChI is InChI=1S/C18H22N4O/c1-10-14-7-6-13-16(20-11(2)21-17(13)22(4)5)18(14,3)8-12(9-19)15(10)23/h8,10,14H,6-7H2,1-5H3. The fourth-order valence-corrected chi connectivity index (χ4v) is 4.23. The molecule has 0 radical (unpaired) electrons. The molecule has 0 amide bonds. The van der Waals surface area contributed by atoms with E-state index in [2.05, 4.69) is 18.0 Å². The molecule has 0 N–H and O–H groups in total. The SMILES string of the molecule is Cc1nc(N(C)C)c2c(n1)C1(C)C=C(C#N)C(=O)C(C)C1CC2. The summed E-state index contributed by atoms with van der Waals surface area (Å²) in [6, 6.07) is 2.08. The van der Waals surface area contributed by atoms with Gasteiger partial charge in [0.25, 0.3) is 0 Å². The van der Waals surface area contributed by atoms with Crippen LogP contribution in [-0.4, -0.2) is 29.8 Å². The molecule has 1 heterocycles. The Bertz CT molecular complexity index is 759. The zero-order valence-corrected chi connectivity index (χ0v) is 14.3. The predicted molar refractivity (Wildman–Crippen MR) is 88.1 cm³/mol. The highest BCUT2D eigenvalue weighted by atomic mass is 16.1. The van der Waals surface area contributed by atoms with Gasteiger partial charge in [-0.1, -0.05) is 19.9 Å². The molecule has 3 rings (SSSR count). The third kappa shape index (κ3) is 2.16. The monoisotopic (exact) mass is 310 g/mol. The van der Waals surface area contributed by atoms with Crippen molar-refractivity contribution in [3.8, 4) is 6.07 Å². The van der Waals surface area contributed by atoms with Crippen molar-refractivity contribution in [1.29, 1.82) is 5.26 Å². The summed E-state index contributed by atoms with van der Waals surface area (Å²) in [5.41, 5.74) is 2.02. The molecular formula is C18H22N4O. The maximum absolute atomic E-state index is 12.4. The highest BCUT2D eigenvalue weighted by molar-refractivity contribution is 6.02. The number of aryl methyl sites for hydroxylation is 1. The summed E-state index contributed by atoms with van der Waals surface area (Å²) < 4.78 is 0. The van der Waals surface area contributed by atoms with E-state index in [0.29, 0.717) is 0 Å². The van der Waals surface area contributed by atoms with Crippen molar-refractivity contribution in [2.75, 3.05) is 19.0 Å². The van der Waals surface area contributed by atoms with E-state index in [1.165, 1.54) is 0 Å². The Morgan fingerprint density at radius 2 is 2.09 bits per heavy atom. The van der Waals surface area contributed by atoms with Crippen LogP contribution in [-0.2, 0) is 16.6 Å². The maximum Gasteiger partial charge on any atom is 0.176 e. The van der Waals surface area contributed by atoms with Crippen molar-refractivity contribution < 1.29 is 4.79 Å². The zero-order chi connectivity index (χ0) is 16.9. The fourth-order valence-electron chi connectivity index (χ4n) is 4.23. The summed E-state index contributed by atoms with van der Waals surface area (Å²) >= 11 is 0. The van der Waals surface area contributed by atoms with Crippen LogP contribution in [0.15, 0.2) is 11.6 Å². The van der Waals surface area contributed by atoms with Gasteiger partial charge in [-0.05, 0) is 25.7 Å². The number of nitrogens with zero attached hydrogens (tertiary/aromatic N) is 4. The van der Waals surface area contributed by atoms with Gasteiger partial charge in [0, 0.05) is 31.0 Å². The van der Waals surface area contributed by atoms with Gasteiger partial charge in [-0.2, -0.15) is 5.26 Å². The lowest BCUT2D eigenvalue weighted by atomic mass is 9.58. The van der Waals surface area contributed by atoms with E-state index in [1.54, 1.807) is 0 Å². The van der Waals surface area contributed by atoms with Crippen molar-refractivity contribution in [2.45, 2.75) is 39.0 Å². The highest BCUT2D eigenvalue weighted by Crippen LogP contribution is 2.50. The summed E-state index contributed by atoms with van der Waals surface area (Å²) in [6.45, 7) is 5.95. The van der Waals surface area contributed by atoms with Gasteiger partial charge in [0.05, 0.1) is 11.3 Å².